The molecule has 27 heavy (non-hydrogen) atoms. The number of hydrogen-bond acceptors (Lipinski definition) is 5. The molecule has 1 aliphatic rings. The molecule has 1 saturated heterocycles. The van der Waals surface area contributed by atoms with Crippen LogP contribution in [0.3, 0.4) is 0 Å². The zero-order valence-electron chi connectivity index (χ0n) is 17.7. The van der Waals surface area contributed by atoms with E-state index in [4.69, 9.17) is 9.47 Å². The molecule has 1 fully saturated rings. The lowest BCUT2D eigenvalue weighted by molar-refractivity contribution is -0.293. The first-order chi connectivity index (χ1) is 13.1. The second kappa shape index (κ2) is 15.7. The quantitative estimate of drug-likeness (QED) is 0.343. The van der Waals surface area contributed by atoms with Gasteiger partial charge in [-0.05, 0) is 13.3 Å². The van der Waals surface area contributed by atoms with Crippen molar-refractivity contribution in [3.8, 4) is 0 Å². The highest BCUT2D eigenvalue weighted by atomic mass is 16.7. The maximum Gasteiger partial charge on any atom is 0.186 e. The summed E-state index contributed by atoms with van der Waals surface area (Å²) in [5.74, 6) is 0. The van der Waals surface area contributed by atoms with Gasteiger partial charge in [0.25, 0.3) is 0 Å². The highest BCUT2D eigenvalue weighted by Gasteiger charge is 2.42. The predicted molar refractivity (Wildman–Crippen MR) is 109 cm³/mol. The number of rotatable bonds is 16. The smallest absolute Gasteiger partial charge is 0.186 e. The standard InChI is InChI=1S/C22H44O5/c1-3-4-5-6-7-8-9-10-11-12-13-14-15-16-17-26-22-21(25)20(24)19(23)18(2)27-22/h18-25H,3-17H2,1-2H3/t18?,19-,20?,21-,22+/m0/s1. The van der Waals surface area contributed by atoms with E-state index in [-0.39, 0.29) is 0 Å². The first-order valence-corrected chi connectivity index (χ1v) is 11.4. The van der Waals surface area contributed by atoms with E-state index in [1.807, 2.05) is 0 Å². The van der Waals surface area contributed by atoms with Crippen LogP contribution in [0, 0.1) is 0 Å². The highest BCUT2D eigenvalue weighted by Crippen LogP contribution is 2.22. The molecule has 5 nitrogen and oxygen atoms in total. The maximum atomic E-state index is 9.88. The number of aliphatic hydroxyl groups is 3. The van der Waals surface area contributed by atoms with Gasteiger partial charge in [-0.25, -0.2) is 0 Å². The molecule has 1 aliphatic heterocycles. The van der Waals surface area contributed by atoms with E-state index in [0.717, 1.165) is 12.8 Å². The number of unbranched alkanes of at least 4 members (excludes halogenated alkanes) is 13. The molecule has 5 heteroatoms. The van der Waals surface area contributed by atoms with Crippen molar-refractivity contribution in [2.45, 2.75) is 134 Å². The number of hydrogen-bond donors (Lipinski definition) is 3. The Morgan fingerprint density at radius 1 is 0.630 bits per heavy atom. The van der Waals surface area contributed by atoms with Crippen LogP contribution >= 0.6 is 0 Å². The van der Waals surface area contributed by atoms with Crippen molar-refractivity contribution in [1.82, 2.24) is 0 Å². The molecule has 0 bridgehead atoms. The van der Waals surface area contributed by atoms with Gasteiger partial charge in [-0.1, -0.05) is 90.4 Å². The van der Waals surface area contributed by atoms with Crippen molar-refractivity contribution in [3.63, 3.8) is 0 Å². The molecule has 0 aromatic carbocycles. The van der Waals surface area contributed by atoms with Crippen molar-refractivity contribution in [2.75, 3.05) is 6.61 Å². The van der Waals surface area contributed by atoms with Gasteiger partial charge in [0.1, 0.15) is 18.3 Å². The van der Waals surface area contributed by atoms with Gasteiger partial charge in [-0.2, -0.15) is 0 Å². The first-order valence-electron chi connectivity index (χ1n) is 11.4. The van der Waals surface area contributed by atoms with Gasteiger partial charge in [0.05, 0.1) is 6.10 Å². The Morgan fingerprint density at radius 3 is 1.56 bits per heavy atom. The zero-order valence-corrected chi connectivity index (χ0v) is 17.7. The summed E-state index contributed by atoms with van der Waals surface area (Å²) in [6.45, 7) is 4.44. The summed E-state index contributed by atoms with van der Waals surface area (Å²) < 4.78 is 11.0. The fourth-order valence-corrected chi connectivity index (χ4v) is 3.65. The molecule has 0 amide bonds. The summed E-state index contributed by atoms with van der Waals surface area (Å²) in [5, 5.41) is 29.3. The number of aliphatic hydroxyl groups excluding tert-OH is 3. The van der Waals surface area contributed by atoms with E-state index in [9.17, 15) is 15.3 Å². The van der Waals surface area contributed by atoms with Crippen molar-refractivity contribution >= 4 is 0 Å². The minimum absolute atomic E-state index is 0.509. The monoisotopic (exact) mass is 388 g/mol. The summed E-state index contributed by atoms with van der Waals surface area (Å²) in [5.41, 5.74) is 0. The molecule has 0 aliphatic carbocycles. The van der Waals surface area contributed by atoms with Crippen LogP contribution in [0.15, 0.2) is 0 Å². The summed E-state index contributed by atoms with van der Waals surface area (Å²) in [6, 6.07) is 0. The Balaban J connectivity index is 1.85. The largest absolute Gasteiger partial charge is 0.388 e. The molecule has 0 spiro atoms. The van der Waals surface area contributed by atoms with E-state index in [0.29, 0.717) is 6.61 Å². The van der Waals surface area contributed by atoms with Crippen LogP contribution in [-0.2, 0) is 9.47 Å². The molecule has 0 aromatic rings. The van der Waals surface area contributed by atoms with Crippen molar-refractivity contribution in [2.24, 2.45) is 0 Å². The number of ether oxygens (including phenoxy) is 2. The van der Waals surface area contributed by atoms with Crippen LogP contribution in [-0.4, -0.2) is 52.6 Å². The predicted octanol–water partition coefficient (Wildman–Crippen LogP) is 4.31. The second-order valence-electron chi connectivity index (χ2n) is 8.15. The summed E-state index contributed by atoms with van der Waals surface area (Å²) in [7, 11) is 0. The fourth-order valence-electron chi connectivity index (χ4n) is 3.65. The molecule has 5 atom stereocenters. The van der Waals surface area contributed by atoms with E-state index in [1.54, 1.807) is 6.92 Å². The van der Waals surface area contributed by atoms with E-state index >= 15 is 0 Å². The Labute approximate surface area is 166 Å². The molecular formula is C22H44O5. The molecular weight excluding hydrogens is 344 g/mol. The summed E-state index contributed by atoms with van der Waals surface area (Å²) >= 11 is 0. The molecule has 1 rings (SSSR count). The second-order valence-corrected chi connectivity index (χ2v) is 8.15. The first kappa shape index (κ1) is 24.8. The average molecular weight is 389 g/mol. The van der Waals surface area contributed by atoms with Crippen molar-refractivity contribution < 1.29 is 24.8 Å². The van der Waals surface area contributed by atoms with Crippen LogP contribution in [0.1, 0.15) is 104 Å². The maximum absolute atomic E-state index is 9.88. The summed E-state index contributed by atoms with van der Waals surface area (Å²) in [4.78, 5) is 0. The Bertz CT molecular complexity index is 339. The van der Waals surface area contributed by atoms with Crippen LogP contribution < -0.4 is 0 Å². The highest BCUT2D eigenvalue weighted by molar-refractivity contribution is 4.87. The van der Waals surface area contributed by atoms with Crippen molar-refractivity contribution in [3.05, 3.63) is 0 Å². The zero-order chi connectivity index (χ0) is 19.9. The third-order valence-corrected chi connectivity index (χ3v) is 5.59. The lowest BCUT2D eigenvalue weighted by Gasteiger charge is -2.38. The Hall–Kier alpha value is -0.200. The molecule has 1 heterocycles. The third-order valence-electron chi connectivity index (χ3n) is 5.59. The van der Waals surface area contributed by atoms with Gasteiger partial charge in [-0.3, -0.25) is 0 Å². The van der Waals surface area contributed by atoms with Gasteiger partial charge in [0, 0.05) is 6.61 Å². The fraction of sp³-hybridized carbons (Fsp3) is 1.00. The minimum Gasteiger partial charge on any atom is -0.388 e. The summed E-state index contributed by atoms with van der Waals surface area (Å²) in [6.07, 6.45) is 13.5. The molecule has 162 valence electrons. The van der Waals surface area contributed by atoms with E-state index in [1.165, 1.54) is 77.0 Å². The Morgan fingerprint density at radius 2 is 1.07 bits per heavy atom. The molecule has 3 N–H and O–H groups in total. The van der Waals surface area contributed by atoms with Crippen LogP contribution in [0.5, 0.6) is 0 Å². The van der Waals surface area contributed by atoms with Gasteiger partial charge in [0.2, 0.25) is 0 Å². The lowest BCUT2D eigenvalue weighted by atomic mass is 10.00. The van der Waals surface area contributed by atoms with Crippen LogP contribution in [0.25, 0.3) is 0 Å². The van der Waals surface area contributed by atoms with Gasteiger partial charge < -0.3 is 24.8 Å². The molecule has 0 saturated carbocycles. The van der Waals surface area contributed by atoms with Crippen molar-refractivity contribution in [1.29, 1.82) is 0 Å². The lowest BCUT2D eigenvalue weighted by Crippen LogP contribution is -2.57. The van der Waals surface area contributed by atoms with Crippen LogP contribution in [0.4, 0.5) is 0 Å². The molecule has 2 unspecified atom stereocenters. The topological polar surface area (TPSA) is 79.2 Å². The SMILES string of the molecule is CCCCCCCCCCCCCCCCO[C@@H]1OC(C)[C@H](O)C(O)[C@@H]1O. The Kier molecular flexibility index (Phi) is 14.4. The van der Waals surface area contributed by atoms with E-state index in [2.05, 4.69) is 6.92 Å². The van der Waals surface area contributed by atoms with Gasteiger partial charge in [0.15, 0.2) is 6.29 Å². The van der Waals surface area contributed by atoms with Gasteiger partial charge in [-0.15, -0.1) is 0 Å². The van der Waals surface area contributed by atoms with Crippen LogP contribution in [0.2, 0.25) is 0 Å². The molecule has 0 radical (unpaired) electrons. The average Bonchev–Trinajstić information content (AvgIpc) is 2.67. The van der Waals surface area contributed by atoms with E-state index < -0.39 is 30.7 Å². The van der Waals surface area contributed by atoms with Gasteiger partial charge >= 0.3 is 0 Å². The molecule has 0 aromatic heterocycles. The third kappa shape index (κ3) is 10.8. The normalized spacial score (nSPS) is 28.6. The minimum atomic E-state index is -1.21.